The fraction of sp³-hybridized carbons (Fsp3) is 0.818. The topological polar surface area (TPSA) is 211 Å². The van der Waals surface area contributed by atoms with Gasteiger partial charge in [0.2, 0.25) is 5.76 Å². The zero-order chi connectivity index (χ0) is 26.4. The van der Waals surface area contributed by atoms with Gasteiger partial charge in [0.15, 0.2) is 11.9 Å². The summed E-state index contributed by atoms with van der Waals surface area (Å²) in [6.07, 6.45) is 14.2. The summed E-state index contributed by atoms with van der Waals surface area (Å²) in [5, 5.41) is 45.2. The maximum atomic E-state index is 10.5. The van der Waals surface area contributed by atoms with Gasteiger partial charge in [0.1, 0.15) is 6.10 Å². The van der Waals surface area contributed by atoms with E-state index in [1.54, 1.807) is 0 Å². The van der Waals surface area contributed by atoms with Crippen molar-refractivity contribution in [2.24, 2.45) is 0 Å². The maximum absolute atomic E-state index is 10.5. The van der Waals surface area contributed by atoms with Gasteiger partial charge in [-0.1, -0.05) is 84.0 Å². The standard InChI is InChI=1S/C16H32O2.C6H8O6.3Na.H2O3S/c1-2-3-4-5-6-7-8-9-10-11-12-13-14-15-16(17)18;7-1-2(8)5-3(9)4(10)6(11)12-5;;;;1-4(2)3/h2-15H2,1H3,(H,17,18);2,5,7-10H,1H2;;;;(H2,1,2,3)/q;;3*+1;/p-3/t;2-,5+;;;;/m.0..../s1. The first-order valence-corrected chi connectivity index (χ1v) is 12.7. The number of hydrogen-bond acceptors (Lipinski definition) is 11. The molecule has 0 radical (unpaired) electrons. The van der Waals surface area contributed by atoms with E-state index in [0.29, 0.717) is 0 Å². The Balaban J connectivity index is -0.000000156. The van der Waals surface area contributed by atoms with E-state index in [0.717, 1.165) is 12.8 Å². The fourth-order valence-electron chi connectivity index (χ4n) is 3.11. The van der Waals surface area contributed by atoms with E-state index < -0.39 is 53.6 Å². The van der Waals surface area contributed by atoms with Crippen molar-refractivity contribution in [1.82, 2.24) is 0 Å². The SMILES string of the molecule is CCCCCCCCCCCCCCCC(=O)[O-].O=C1O[C@H]([C@@H](O)CO)C(O)=C1O.O=S([O-])[O-].[Na+].[Na+].[Na+]. The zero-order valence-corrected chi connectivity index (χ0v) is 29.6. The Morgan fingerprint density at radius 3 is 1.51 bits per heavy atom. The van der Waals surface area contributed by atoms with Crippen LogP contribution in [0, 0.1) is 0 Å². The van der Waals surface area contributed by atoms with Crippen molar-refractivity contribution >= 4 is 23.3 Å². The molecule has 0 fully saturated rings. The van der Waals surface area contributed by atoms with Crippen molar-refractivity contribution in [3.8, 4) is 0 Å². The molecule has 11 nitrogen and oxygen atoms in total. The molecule has 1 aliphatic heterocycles. The molecule has 15 heteroatoms. The Kier molecular flexibility index (Phi) is 43.5. The average Bonchev–Trinajstić information content (AvgIpc) is 3.03. The molecule has 0 aromatic heterocycles. The van der Waals surface area contributed by atoms with Crippen LogP contribution in [-0.2, 0) is 25.7 Å². The van der Waals surface area contributed by atoms with Crippen LogP contribution in [0.5, 0.6) is 0 Å². The molecule has 0 aromatic rings. The van der Waals surface area contributed by atoms with Crippen LogP contribution in [0.25, 0.3) is 0 Å². The molecule has 0 amide bonds. The first-order chi connectivity index (χ1) is 16.1. The molecular weight excluding hydrogens is 541 g/mol. The third-order valence-corrected chi connectivity index (χ3v) is 4.96. The van der Waals surface area contributed by atoms with Crippen molar-refractivity contribution in [3.05, 3.63) is 11.5 Å². The number of hydrogen-bond donors (Lipinski definition) is 4. The fourth-order valence-corrected chi connectivity index (χ4v) is 3.11. The van der Waals surface area contributed by atoms with Crippen molar-refractivity contribution in [2.75, 3.05) is 6.61 Å². The van der Waals surface area contributed by atoms with Gasteiger partial charge in [-0.2, -0.15) is 0 Å². The molecule has 0 bridgehead atoms. The van der Waals surface area contributed by atoms with Crippen LogP contribution in [0.4, 0.5) is 0 Å². The number of esters is 1. The van der Waals surface area contributed by atoms with E-state index in [1.165, 1.54) is 70.6 Å². The van der Waals surface area contributed by atoms with Gasteiger partial charge in [0.25, 0.3) is 0 Å². The molecule has 4 N–H and O–H groups in total. The quantitative estimate of drug-likeness (QED) is 0.0583. The molecule has 1 aliphatic rings. The maximum Gasteiger partial charge on any atom is 1.00 e. The Morgan fingerprint density at radius 1 is 0.892 bits per heavy atom. The second kappa shape index (κ2) is 33.5. The first kappa shape index (κ1) is 48.0. The summed E-state index contributed by atoms with van der Waals surface area (Å²) in [7, 11) is 0. The average molecular weight is 581 g/mol. The summed E-state index contributed by atoms with van der Waals surface area (Å²) in [4.78, 5) is 20.7. The third kappa shape index (κ3) is 31.7. The molecule has 0 saturated heterocycles. The summed E-state index contributed by atoms with van der Waals surface area (Å²) < 4.78 is 29.6. The summed E-state index contributed by atoms with van der Waals surface area (Å²) in [6.45, 7) is 1.59. The zero-order valence-electron chi connectivity index (χ0n) is 22.8. The number of unbranched alkanes of at least 4 members (excludes halogenated alkanes) is 12. The molecule has 0 aliphatic carbocycles. The predicted octanol–water partition coefficient (Wildman–Crippen LogP) is -7.18. The number of ether oxygens (including phenoxy) is 1. The number of rotatable bonds is 16. The van der Waals surface area contributed by atoms with Gasteiger partial charge in [-0.05, 0) is 12.8 Å². The van der Waals surface area contributed by atoms with Crippen LogP contribution < -0.4 is 93.8 Å². The summed E-state index contributed by atoms with van der Waals surface area (Å²) in [6, 6.07) is 0. The molecule has 0 saturated carbocycles. The van der Waals surface area contributed by atoms with Gasteiger partial charge >= 0.3 is 94.6 Å². The number of carbonyl (C=O) groups excluding carboxylic acids is 2. The number of aliphatic hydroxyl groups excluding tert-OH is 4. The van der Waals surface area contributed by atoms with Gasteiger partial charge in [-0.25, -0.2) is 4.79 Å². The van der Waals surface area contributed by atoms with E-state index >= 15 is 0 Å². The first-order valence-electron chi connectivity index (χ1n) is 11.7. The molecule has 202 valence electrons. The number of carbonyl (C=O) groups is 2. The van der Waals surface area contributed by atoms with Crippen molar-refractivity contribution in [3.63, 3.8) is 0 Å². The van der Waals surface area contributed by atoms with Crippen molar-refractivity contribution in [2.45, 2.75) is 109 Å². The van der Waals surface area contributed by atoms with Crippen molar-refractivity contribution < 1.29 is 142 Å². The largest absolute Gasteiger partial charge is 1.00 e. The number of carboxylic acids is 1. The van der Waals surface area contributed by atoms with E-state index in [4.69, 9.17) is 33.7 Å². The van der Waals surface area contributed by atoms with E-state index in [2.05, 4.69) is 11.7 Å². The van der Waals surface area contributed by atoms with E-state index in [-0.39, 0.29) is 95.1 Å². The van der Waals surface area contributed by atoms with Crippen LogP contribution in [0.15, 0.2) is 11.5 Å². The molecule has 1 rings (SSSR count). The number of carboxylic acid groups (broad SMARTS) is 1. The summed E-state index contributed by atoms with van der Waals surface area (Å²) in [5.41, 5.74) is 0. The Bertz CT molecular complexity index is 606. The van der Waals surface area contributed by atoms with Crippen LogP contribution >= 0.6 is 0 Å². The van der Waals surface area contributed by atoms with Gasteiger partial charge in [-0.15, -0.1) is 11.4 Å². The monoisotopic (exact) mass is 580 g/mol. The molecule has 0 aromatic carbocycles. The number of aliphatic hydroxyl groups is 4. The van der Waals surface area contributed by atoms with Gasteiger partial charge in [0.05, 0.1) is 6.61 Å². The predicted molar refractivity (Wildman–Crippen MR) is 120 cm³/mol. The molecule has 0 unspecified atom stereocenters. The Morgan fingerprint density at radius 2 is 1.24 bits per heavy atom. The third-order valence-electron chi connectivity index (χ3n) is 4.96. The van der Waals surface area contributed by atoms with Gasteiger partial charge < -0.3 is 44.2 Å². The minimum Gasteiger partial charge on any atom is -0.784 e. The summed E-state index contributed by atoms with van der Waals surface area (Å²) >= 11 is -3.11. The van der Waals surface area contributed by atoms with Gasteiger partial charge in [0, 0.05) is 5.97 Å². The Labute approximate surface area is 289 Å². The minimum absolute atomic E-state index is 0. The van der Waals surface area contributed by atoms with E-state index in [9.17, 15) is 14.7 Å². The normalized spacial score (nSPS) is 14.5. The molecule has 1 heterocycles. The molecule has 2 atom stereocenters. The number of cyclic esters (lactones) is 1. The second-order valence-electron chi connectivity index (χ2n) is 7.88. The minimum atomic E-state index is -3.11. The van der Waals surface area contributed by atoms with Crippen LogP contribution in [-0.4, -0.2) is 64.5 Å². The Hall–Kier alpha value is 1.27. The van der Waals surface area contributed by atoms with Gasteiger partial charge in [-0.3, -0.25) is 4.21 Å². The van der Waals surface area contributed by atoms with Crippen LogP contribution in [0.1, 0.15) is 96.8 Å². The summed E-state index contributed by atoms with van der Waals surface area (Å²) in [5.74, 6) is -3.68. The van der Waals surface area contributed by atoms with Crippen LogP contribution in [0.3, 0.4) is 0 Å². The molecular formula is C22H39Na3O11S. The molecule has 37 heavy (non-hydrogen) atoms. The van der Waals surface area contributed by atoms with Crippen molar-refractivity contribution in [1.29, 1.82) is 0 Å². The second-order valence-corrected chi connectivity index (χ2v) is 8.29. The molecule has 0 spiro atoms. The van der Waals surface area contributed by atoms with Crippen LogP contribution in [0.2, 0.25) is 0 Å². The van der Waals surface area contributed by atoms with E-state index in [1.807, 2.05) is 0 Å². The number of aliphatic carboxylic acids is 1. The smallest absolute Gasteiger partial charge is 0.784 e.